The summed E-state index contributed by atoms with van der Waals surface area (Å²) in [7, 11) is 1.40. The zero-order valence-corrected chi connectivity index (χ0v) is 11.6. The Labute approximate surface area is 117 Å². The number of phenolic OH excluding ortho intramolecular Hbond substituents is 1. The predicted molar refractivity (Wildman–Crippen MR) is 77.0 cm³/mol. The van der Waals surface area contributed by atoms with E-state index in [1.165, 1.54) is 7.11 Å². The van der Waals surface area contributed by atoms with Gasteiger partial charge in [0.2, 0.25) is 0 Å². The Morgan fingerprint density at radius 2 is 2.05 bits per heavy atom. The van der Waals surface area contributed by atoms with Crippen molar-refractivity contribution in [1.82, 2.24) is 0 Å². The van der Waals surface area contributed by atoms with E-state index in [9.17, 15) is 9.90 Å². The first-order chi connectivity index (χ1) is 9.61. The SMILES string of the molecule is COC(=O)c1cccc2c1CCc1cc(O)cc(C)c1-2. The number of fused-ring (bicyclic) bond motifs is 3. The average Bonchev–Trinajstić information content (AvgIpc) is 2.44. The Balaban J connectivity index is 2.26. The van der Waals surface area contributed by atoms with E-state index in [0.717, 1.165) is 40.7 Å². The highest BCUT2D eigenvalue weighted by molar-refractivity contribution is 5.94. The fraction of sp³-hybridized carbons (Fsp3) is 0.235. The van der Waals surface area contributed by atoms with Gasteiger partial charge in [0, 0.05) is 0 Å². The lowest BCUT2D eigenvalue weighted by Gasteiger charge is -2.23. The van der Waals surface area contributed by atoms with Gasteiger partial charge in [0.1, 0.15) is 5.75 Å². The van der Waals surface area contributed by atoms with E-state index in [-0.39, 0.29) is 5.97 Å². The number of carbonyl (C=O) groups excluding carboxylic acids is 1. The number of carbonyl (C=O) groups is 1. The third-order valence-corrected chi connectivity index (χ3v) is 3.90. The lowest BCUT2D eigenvalue weighted by molar-refractivity contribution is 0.0599. The van der Waals surface area contributed by atoms with Gasteiger partial charge in [0.25, 0.3) is 0 Å². The molecule has 3 nitrogen and oxygen atoms in total. The van der Waals surface area contributed by atoms with Crippen molar-refractivity contribution in [2.75, 3.05) is 7.11 Å². The summed E-state index contributed by atoms with van der Waals surface area (Å²) in [6.07, 6.45) is 1.61. The molecule has 3 rings (SSSR count). The fourth-order valence-electron chi connectivity index (χ4n) is 3.07. The van der Waals surface area contributed by atoms with Gasteiger partial charge in [-0.05, 0) is 65.8 Å². The zero-order chi connectivity index (χ0) is 14.3. The topological polar surface area (TPSA) is 46.5 Å². The Hall–Kier alpha value is -2.29. The highest BCUT2D eigenvalue weighted by Crippen LogP contribution is 2.39. The van der Waals surface area contributed by atoms with Gasteiger partial charge >= 0.3 is 5.97 Å². The minimum Gasteiger partial charge on any atom is -0.508 e. The van der Waals surface area contributed by atoms with Crippen molar-refractivity contribution in [3.8, 4) is 16.9 Å². The van der Waals surface area contributed by atoms with Gasteiger partial charge in [-0.25, -0.2) is 4.79 Å². The lowest BCUT2D eigenvalue weighted by atomic mass is 9.81. The maximum Gasteiger partial charge on any atom is 0.338 e. The number of aromatic hydroxyl groups is 1. The summed E-state index contributed by atoms with van der Waals surface area (Å²) in [6.45, 7) is 1.98. The number of hydrogen-bond donors (Lipinski definition) is 1. The second kappa shape index (κ2) is 4.67. The van der Waals surface area contributed by atoms with Crippen LogP contribution in [0.15, 0.2) is 30.3 Å². The number of rotatable bonds is 1. The van der Waals surface area contributed by atoms with Crippen molar-refractivity contribution < 1.29 is 14.6 Å². The van der Waals surface area contributed by atoms with Crippen LogP contribution >= 0.6 is 0 Å². The van der Waals surface area contributed by atoms with Crippen LogP contribution < -0.4 is 0 Å². The predicted octanol–water partition coefficient (Wildman–Crippen LogP) is 3.25. The first-order valence-corrected chi connectivity index (χ1v) is 6.65. The molecule has 0 bridgehead atoms. The molecular formula is C17H16O3. The van der Waals surface area contributed by atoms with Gasteiger partial charge in [0.15, 0.2) is 0 Å². The molecule has 0 saturated carbocycles. The highest BCUT2D eigenvalue weighted by atomic mass is 16.5. The van der Waals surface area contributed by atoms with E-state index in [1.807, 2.05) is 31.2 Å². The van der Waals surface area contributed by atoms with Crippen molar-refractivity contribution in [2.24, 2.45) is 0 Å². The monoisotopic (exact) mass is 268 g/mol. The van der Waals surface area contributed by atoms with E-state index in [0.29, 0.717) is 11.3 Å². The quantitative estimate of drug-likeness (QED) is 0.807. The van der Waals surface area contributed by atoms with Gasteiger partial charge in [-0.2, -0.15) is 0 Å². The van der Waals surface area contributed by atoms with Gasteiger partial charge in [-0.15, -0.1) is 0 Å². The molecule has 0 saturated heterocycles. The van der Waals surface area contributed by atoms with Crippen molar-refractivity contribution in [2.45, 2.75) is 19.8 Å². The number of benzene rings is 2. The van der Waals surface area contributed by atoms with Crippen LogP contribution in [0.4, 0.5) is 0 Å². The van der Waals surface area contributed by atoms with Crippen LogP contribution in [0, 0.1) is 6.92 Å². The normalized spacial score (nSPS) is 12.5. The van der Waals surface area contributed by atoms with E-state index < -0.39 is 0 Å². The summed E-state index contributed by atoms with van der Waals surface area (Å²) in [5.41, 5.74) is 6.06. The van der Waals surface area contributed by atoms with Crippen molar-refractivity contribution >= 4 is 5.97 Å². The van der Waals surface area contributed by atoms with Gasteiger partial charge < -0.3 is 9.84 Å². The van der Waals surface area contributed by atoms with Crippen molar-refractivity contribution in [3.63, 3.8) is 0 Å². The lowest BCUT2D eigenvalue weighted by Crippen LogP contribution is -2.12. The maximum absolute atomic E-state index is 11.9. The first kappa shape index (κ1) is 12.7. The van der Waals surface area contributed by atoms with Crippen LogP contribution in [0.3, 0.4) is 0 Å². The maximum atomic E-state index is 11.9. The molecule has 0 unspecified atom stereocenters. The Morgan fingerprint density at radius 1 is 1.25 bits per heavy atom. The molecule has 0 atom stereocenters. The van der Waals surface area contributed by atoms with Gasteiger partial charge in [-0.1, -0.05) is 12.1 Å². The summed E-state index contributed by atoms with van der Waals surface area (Å²) < 4.78 is 4.86. The van der Waals surface area contributed by atoms with Crippen LogP contribution in [0.5, 0.6) is 5.75 Å². The van der Waals surface area contributed by atoms with E-state index in [4.69, 9.17) is 4.74 Å². The molecule has 1 aliphatic rings. The van der Waals surface area contributed by atoms with Crippen LogP contribution in [0.2, 0.25) is 0 Å². The van der Waals surface area contributed by atoms with Crippen LogP contribution in [-0.2, 0) is 17.6 Å². The van der Waals surface area contributed by atoms with Crippen molar-refractivity contribution in [1.29, 1.82) is 0 Å². The molecule has 20 heavy (non-hydrogen) atoms. The van der Waals surface area contributed by atoms with Crippen molar-refractivity contribution in [3.05, 3.63) is 52.6 Å². The second-order valence-corrected chi connectivity index (χ2v) is 5.12. The number of esters is 1. The molecule has 0 aliphatic heterocycles. The minimum atomic E-state index is -0.290. The van der Waals surface area contributed by atoms with E-state index in [2.05, 4.69) is 0 Å². The minimum absolute atomic E-state index is 0.290. The van der Waals surface area contributed by atoms with Crippen LogP contribution in [0.1, 0.15) is 27.0 Å². The Bertz CT molecular complexity index is 702. The Kier molecular flexibility index (Phi) is 2.97. The van der Waals surface area contributed by atoms with E-state index >= 15 is 0 Å². The van der Waals surface area contributed by atoms with Crippen LogP contribution in [0.25, 0.3) is 11.1 Å². The standard InChI is InChI=1S/C17H16O3/c1-10-8-12(18)9-11-6-7-13-14(16(10)11)4-3-5-15(13)17(19)20-2/h3-5,8-9,18H,6-7H2,1-2H3. The molecule has 1 N–H and O–H groups in total. The van der Waals surface area contributed by atoms with Crippen LogP contribution in [-0.4, -0.2) is 18.2 Å². The van der Waals surface area contributed by atoms with E-state index in [1.54, 1.807) is 6.07 Å². The zero-order valence-electron chi connectivity index (χ0n) is 11.6. The van der Waals surface area contributed by atoms with Gasteiger partial charge in [0.05, 0.1) is 12.7 Å². The molecule has 0 aromatic heterocycles. The summed E-state index contributed by atoms with van der Waals surface area (Å²) in [5.74, 6) is 0.00977. The third-order valence-electron chi connectivity index (χ3n) is 3.90. The molecule has 0 amide bonds. The molecule has 2 aromatic carbocycles. The highest BCUT2D eigenvalue weighted by Gasteiger charge is 2.23. The molecular weight excluding hydrogens is 252 g/mol. The molecule has 0 spiro atoms. The molecule has 1 aliphatic carbocycles. The number of phenols is 1. The molecule has 2 aromatic rings. The molecule has 0 heterocycles. The Morgan fingerprint density at radius 3 is 2.80 bits per heavy atom. The number of hydrogen-bond acceptors (Lipinski definition) is 3. The molecule has 0 radical (unpaired) electrons. The molecule has 102 valence electrons. The fourth-order valence-corrected chi connectivity index (χ4v) is 3.07. The number of methoxy groups -OCH3 is 1. The average molecular weight is 268 g/mol. The largest absolute Gasteiger partial charge is 0.508 e. The van der Waals surface area contributed by atoms with Gasteiger partial charge in [-0.3, -0.25) is 0 Å². The number of aryl methyl sites for hydroxylation is 2. The second-order valence-electron chi connectivity index (χ2n) is 5.12. The smallest absolute Gasteiger partial charge is 0.338 e. The third kappa shape index (κ3) is 1.86. The first-order valence-electron chi connectivity index (χ1n) is 6.65. The summed E-state index contributed by atoms with van der Waals surface area (Å²) >= 11 is 0. The summed E-state index contributed by atoms with van der Waals surface area (Å²) in [4.78, 5) is 11.9. The molecule has 0 fully saturated rings. The summed E-state index contributed by atoms with van der Waals surface area (Å²) in [5, 5.41) is 9.72. The number of ether oxygens (including phenoxy) is 1. The molecule has 3 heteroatoms. The summed E-state index contributed by atoms with van der Waals surface area (Å²) in [6, 6.07) is 9.30.